The molecule has 16 heavy (non-hydrogen) atoms. The Morgan fingerprint density at radius 1 is 1.19 bits per heavy atom. The summed E-state index contributed by atoms with van der Waals surface area (Å²) in [4.78, 5) is 5.92. The summed E-state index contributed by atoms with van der Waals surface area (Å²) >= 11 is 7.97. The van der Waals surface area contributed by atoms with Gasteiger partial charge in [-0.3, -0.25) is 4.98 Å². The van der Waals surface area contributed by atoms with Crippen LogP contribution in [0.3, 0.4) is 0 Å². The molecule has 3 heteroatoms. The van der Waals surface area contributed by atoms with Crippen molar-refractivity contribution in [3.8, 4) is 11.3 Å². The molecule has 0 aliphatic rings. The Balaban J connectivity index is 2.74. The molecule has 0 amide bonds. The van der Waals surface area contributed by atoms with Crippen LogP contribution in [-0.2, 0) is 0 Å². The minimum atomic E-state index is 0.799. The average molecular weight is 252 g/mol. The Labute approximate surface area is 105 Å². The van der Waals surface area contributed by atoms with Gasteiger partial charge in [-0.1, -0.05) is 11.6 Å². The highest BCUT2D eigenvalue weighted by atomic mass is 35.5. The van der Waals surface area contributed by atoms with Gasteiger partial charge in [0.2, 0.25) is 0 Å². The number of hydrogen-bond acceptors (Lipinski definition) is 2. The van der Waals surface area contributed by atoms with Crippen molar-refractivity contribution in [1.82, 2.24) is 4.98 Å². The van der Waals surface area contributed by atoms with E-state index in [9.17, 15) is 0 Å². The van der Waals surface area contributed by atoms with Crippen molar-refractivity contribution in [1.29, 1.82) is 0 Å². The van der Waals surface area contributed by atoms with Crippen molar-refractivity contribution in [2.24, 2.45) is 0 Å². The molecule has 2 rings (SSSR count). The molecule has 2 heterocycles. The summed E-state index contributed by atoms with van der Waals surface area (Å²) in [6.45, 7) is 8.26. The average Bonchev–Trinajstić information content (AvgIpc) is 2.53. The lowest BCUT2D eigenvalue weighted by Crippen LogP contribution is -1.93. The number of pyridine rings is 1. The van der Waals surface area contributed by atoms with Crippen molar-refractivity contribution in [2.75, 3.05) is 0 Å². The zero-order valence-corrected chi connectivity index (χ0v) is 11.5. The monoisotopic (exact) mass is 251 g/mol. The van der Waals surface area contributed by atoms with Gasteiger partial charge >= 0.3 is 0 Å². The molecule has 84 valence electrons. The molecule has 1 nitrogen and oxygen atoms in total. The third-order valence-electron chi connectivity index (χ3n) is 2.73. The van der Waals surface area contributed by atoms with E-state index in [0.717, 1.165) is 22.0 Å². The highest BCUT2D eigenvalue weighted by Crippen LogP contribution is 2.34. The van der Waals surface area contributed by atoms with Gasteiger partial charge in [0.05, 0.1) is 5.69 Å². The summed E-state index contributed by atoms with van der Waals surface area (Å²) in [5.74, 6) is 0. The van der Waals surface area contributed by atoms with Crippen molar-refractivity contribution in [3.05, 3.63) is 38.2 Å². The van der Waals surface area contributed by atoms with Crippen LogP contribution < -0.4 is 0 Å². The molecule has 0 unspecified atom stereocenters. The zero-order chi connectivity index (χ0) is 11.9. The van der Waals surface area contributed by atoms with Crippen LogP contribution in [0.5, 0.6) is 0 Å². The number of thiophene rings is 1. The number of aromatic nitrogens is 1. The molecule has 2 aromatic heterocycles. The molecule has 2 aromatic rings. The van der Waals surface area contributed by atoms with E-state index >= 15 is 0 Å². The number of nitrogens with zero attached hydrogens (tertiary/aromatic N) is 1. The third-order valence-corrected chi connectivity index (χ3v) is 4.15. The van der Waals surface area contributed by atoms with Gasteiger partial charge in [-0.15, -0.1) is 11.3 Å². The van der Waals surface area contributed by atoms with E-state index < -0.39 is 0 Å². The lowest BCUT2D eigenvalue weighted by molar-refractivity contribution is 1.17. The van der Waals surface area contributed by atoms with E-state index in [1.54, 1.807) is 11.3 Å². The molecular weight excluding hydrogens is 238 g/mol. The van der Waals surface area contributed by atoms with E-state index in [0.29, 0.717) is 0 Å². The maximum Gasteiger partial charge on any atom is 0.0762 e. The quantitative estimate of drug-likeness (QED) is 0.716. The third kappa shape index (κ3) is 1.87. The number of rotatable bonds is 1. The SMILES string of the molecule is Cc1cc(Cl)c(C)c(-c2c(C)csc2C)n1. The Bertz CT molecular complexity index is 524. The predicted octanol–water partition coefficient (Wildman–Crippen LogP) is 4.70. The summed E-state index contributed by atoms with van der Waals surface area (Å²) in [5.41, 5.74) is 5.58. The number of halogens is 1. The van der Waals surface area contributed by atoms with Crippen LogP contribution in [0.15, 0.2) is 11.4 Å². The second-order valence-electron chi connectivity index (χ2n) is 4.07. The first-order valence-corrected chi connectivity index (χ1v) is 6.45. The van der Waals surface area contributed by atoms with Crippen LogP contribution >= 0.6 is 22.9 Å². The lowest BCUT2D eigenvalue weighted by atomic mass is 10.0. The van der Waals surface area contributed by atoms with Crippen LogP contribution in [0.25, 0.3) is 11.3 Å². The van der Waals surface area contributed by atoms with Crippen LogP contribution in [0.2, 0.25) is 5.02 Å². The number of hydrogen-bond donors (Lipinski definition) is 0. The molecule has 0 N–H and O–H groups in total. The van der Waals surface area contributed by atoms with Gasteiger partial charge in [0.1, 0.15) is 0 Å². The molecule has 0 radical (unpaired) electrons. The van der Waals surface area contributed by atoms with Gasteiger partial charge in [0.15, 0.2) is 0 Å². The van der Waals surface area contributed by atoms with Gasteiger partial charge in [-0.05, 0) is 50.3 Å². The highest BCUT2D eigenvalue weighted by molar-refractivity contribution is 7.10. The minimum absolute atomic E-state index is 0.799. The van der Waals surface area contributed by atoms with Gasteiger partial charge in [-0.25, -0.2) is 0 Å². The molecule has 0 saturated carbocycles. The van der Waals surface area contributed by atoms with Crippen molar-refractivity contribution in [2.45, 2.75) is 27.7 Å². The van der Waals surface area contributed by atoms with Gasteiger partial charge in [0.25, 0.3) is 0 Å². The molecular formula is C13H14ClNS. The fourth-order valence-corrected chi connectivity index (χ4v) is 2.96. The molecule has 0 bridgehead atoms. The molecule has 0 aliphatic heterocycles. The van der Waals surface area contributed by atoms with Gasteiger partial charge < -0.3 is 0 Å². The minimum Gasteiger partial charge on any atom is -0.253 e. The van der Waals surface area contributed by atoms with E-state index in [1.807, 2.05) is 19.9 Å². The van der Waals surface area contributed by atoms with E-state index in [-0.39, 0.29) is 0 Å². The van der Waals surface area contributed by atoms with Crippen LogP contribution in [-0.4, -0.2) is 4.98 Å². The zero-order valence-electron chi connectivity index (χ0n) is 9.89. The van der Waals surface area contributed by atoms with Crippen LogP contribution in [0.1, 0.15) is 21.7 Å². The normalized spacial score (nSPS) is 10.8. The Morgan fingerprint density at radius 2 is 1.88 bits per heavy atom. The second-order valence-corrected chi connectivity index (χ2v) is 5.56. The Hall–Kier alpha value is -0.860. The summed E-state index contributed by atoms with van der Waals surface area (Å²) in [5, 5.41) is 2.97. The molecule has 0 fully saturated rings. The topological polar surface area (TPSA) is 12.9 Å². The highest BCUT2D eigenvalue weighted by Gasteiger charge is 2.14. The summed E-state index contributed by atoms with van der Waals surface area (Å²) in [7, 11) is 0. The van der Waals surface area contributed by atoms with Crippen molar-refractivity contribution < 1.29 is 0 Å². The van der Waals surface area contributed by atoms with Crippen LogP contribution in [0, 0.1) is 27.7 Å². The molecule has 0 spiro atoms. The van der Waals surface area contributed by atoms with E-state index in [4.69, 9.17) is 11.6 Å². The van der Waals surface area contributed by atoms with Gasteiger partial charge in [0, 0.05) is 21.2 Å². The Morgan fingerprint density at radius 3 is 2.44 bits per heavy atom. The summed E-state index contributed by atoms with van der Waals surface area (Å²) in [6.07, 6.45) is 0. The van der Waals surface area contributed by atoms with E-state index in [1.165, 1.54) is 16.0 Å². The molecule has 0 aromatic carbocycles. The smallest absolute Gasteiger partial charge is 0.0762 e. The standard InChI is InChI=1S/C13H14ClNS/c1-7-6-16-10(4)12(7)13-9(3)11(14)5-8(2)15-13/h5-6H,1-4H3. The first-order valence-electron chi connectivity index (χ1n) is 5.19. The van der Waals surface area contributed by atoms with Crippen LogP contribution in [0.4, 0.5) is 0 Å². The van der Waals surface area contributed by atoms with Crippen molar-refractivity contribution >= 4 is 22.9 Å². The first kappa shape index (κ1) is 11.6. The first-order chi connectivity index (χ1) is 7.50. The predicted molar refractivity (Wildman–Crippen MR) is 71.5 cm³/mol. The molecule has 0 aliphatic carbocycles. The second kappa shape index (κ2) is 4.19. The van der Waals surface area contributed by atoms with E-state index in [2.05, 4.69) is 24.2 Å². The number of aryl methyl sites for hydroxylation is 3. The molecule has 0 saturated heterocycles. The summed E-state index contributed by atoms with van der Waals surface area (Å²) < 4.78 is 0. The van der Waals surface area contributed by atoms with Crippen molar-refractivity contribution in [3.63, 3.8) is 0 Å². The van der Waals surface area contributed by atoms with Gasteiger partial charge in [-0.2, -0.15) is 0 Å². The molecule has 0 atom stereocenters. The fourth-order valence-electron chi connectivity index (χ4n) is 1.87. The maximum absolute atomic E-state index is 6.20. The fraction of sp³-hybridized carbons (Fsp3) is 0.308. The lowest BCUT2D eigenvalue weighted by Gasteiger charge is -2.09. The maximum atomic E-state index is 6.20. The Kier molecular flexibility index (Phi) is 3.04. The summed E-state index contributed by atoms with van der Waals surface area (Å²) in [6, 6.07) is 1.91. The largest absolute Gasteiger partial charge is 0.253 e.